The Bertz CT molecular complexity index is 265. The molecule has 0 aromatic rings. The number of likely N-dealkylation sites (tertiary alicyclic amines) is 1. The average molecular weight is 213 g/mol. The predicted molar refractivity (Wildman–Crippen MR) is 57.8 cm³/mol. The molecule has 0 radical (unpaired) electrons. The van der Waals surface area contributed by atoms with E-state index in [2.05, 4.69) is 10.1 Å². The van der Waals surface area contributed by atoms with Gasteiger partial charge in [-0.25, -0.2) is 0 Å². The van der Waals surface area contributed by atoms with Gasteiger partial charge in [0.2, 0.25) is 5.91 Å². The van der Waals surface area contributed by atoms with Crippen LogP contribution in [-0.4, -0.2) is 40.9 Å². The van der Waals surface area contributed by atoms with E-state index in [4.69, 9.17) is 10.9 Å². The zero-order valence-electron chi connectivity index (χ0n) is 9.31. The van der Waals surface area contributed by atoms with Crippen molar-refractivity contribution in [1.29, 1.82) is 0 Å². The SMILES string of the molecule is CCC(C(N)=O)N1CCC(=NO)C(C)C1. The highest BCUT2D eigenvalue weighted by molar-refractivity contribution is 5.87. The monoisotopic (exact) mass is 213 g/mol. The third-order valence-electron chi connectivity index (χ3n) is 3.02. The number of hydrogen-bond acceptors (Lipinski definition) is 4. The maximum atomic E-state index is 11.2. The Morgan fingerprint density at radius 2 is 2.47 bits per heavy atom. The molecule has 1 saturated heterocycles. The topological polar surface area (TPSA) is 78.9 Å². The summed E-state index contributed by atoms with van der Waals surface area (Å²) >= 11 is 0. The first kappa shape index (κ1) is 12.0. The lowest BCUT2D eigenvalue weighted by Crippen LogP contribution is -2.50. The van der Waals surface area contributed by atoms with Crippen LogP contribution in [-0.2, 0) is 4.79 Å². The van der Waals surface area contributed by atoms with Crippen molar-refractivity contribution in [2.75, 3.05) is 13.1 Å². The summed E-state index contributed by atoms with van der Waals surface area (Å²) in [5.74, 6) is -0.0776. The Morgan fingerprint density at radius 3 is 2.87 bits per heavy atom. The number of piperidine rings is 1. The van der Waals surface area contributed by atoms with Gasteiger partial charge in [0.15, 0.2) is 0 Å². The third kappa shape index (κ3) is 2.68. The number of amides is 1. The van der Waals surface area contributed by atoms with Crippen molar-refractivity contribution in [3.8, 4) is 0 Å². The molecule has 0 saturated carbocycles. The van der Waals surface area contributed by atoms with Gasteiger partial charge in [-0.05, 0) is 6.42 Å². The Kier molecular flexibility index (Phi) is 4.08. The van der Waals surface area contributed by atoms with Gasteiger partial charge in [0.05, 0.1) is 11.8 Å². The molecule has 15 heavy (non-hydrogen) atoms. The molecule has 0 aromatic carbocycles. The summed E-state index contributed by atoms with van der Waals surface area (Å²) in [4.78, 5) is 13.3. The van der Waals surface area contributed by atoms with Crippen LogP contribution in [0.1, 0.15) is 26.7 Å². The van der Waals surface area contributed by atoms with E-state index in [0.29, 0.717) is 6.42 Å². The van der Waals surface area contributed by atoms with Crippen molar-refractivity contribution in [2.45, 2.75) is 32.7 Å². The second-order valence-electron chi connectivity index (χ2n) is 4.06. The number of nitrogens with two attached hydrogens (primary N) is 1. The van der Waals surface area contributed by atoms with Gasteiger partial charge in [0.1, 0.15) is 0 Å². The van der Waals surface area contributed by atoms with E-state index in [1.807, 2.05) is 13.8 Å². The lowest BCUT2D eigenvalue weighted by Gasteiger charge is -2.35. The number of primary amides is 1. The third-order valence-corrected chi connectivity index (χ3v) is 3.02. The maximum Gasteiger partial charge on any atom is 0.234 e. The van der Waals surface area contributed by atoms with E-state index in [-0.39, 0.29) is 17.9 Å². The van der Waals surface area contributed by atoms with Crippen molar-refractivity contribution in [2.24, 2.45) is 16.8 Å². The molecular formula is C10H19N3O2. The molecule has 0 bridgehead atoms. The van der Waals surface area contributed by atoms with Gasteiger partial charge in [-0.3, -0.25) is 9.69 Å². The lowest BCUT2D eigenvalue weighted by molar-refractivity contribution is -0.123. The van der Waals surface area contributed by atoms with E-state index in [1.165, 1.54) is 0 Å². The first-order valence-corrected chi connectivity index (χ1v) is 5.34. The van der Waals surface area contributed by atoms with E-state index in [0.717, 1.165) is 25.2 Å². The Hall–Kier alpha value is -1.10. The van der Waals surface area contributed by atoms with Crippen LogP contribution < -0.4 is 5.73 Å². The highest BCUT2D eigenvalue weighted by Crippen LogP contribution is 2.17. The molecule has 5 nitrogen and oxygen atoms in total. The van der Waals surface area contributed by atoms with E-state index >= 15 is 0 Å². The van der Waals surface area contributed by atoms with Gasteiger partial charge in [0.25, 0.3) is 0 Å². The number of hydrogen-bond donors (Lipinski definition) is 2. The number of nitrogens with zero attached hydrogens (tertiary/aromatic N) is 2. The van der Waals surface area contributed by atoms with Gasteiger partial charge >= 0.3 is 0 Å². The smallest absolute Gasteiger partial charge is 0.234 e. The predicted octanol–water partition coefficient (Wildman–Crippen LogP) is 0.422. The molecule has 1 aliphatic heterocycles. The number of carbonyl (C=O) groups excluding carboxylic acids is 1. The molecule has 1 amide bonds. The van der Waals surface area contributed by atoms with Crippen LogP contribution in [0.5, 0.6) is 0 Å². The molecule has 0 spiro atoms. The molecule has 1 heterocycles. The second-order valence-corrected chi connectivity index (χ2v) is 4.06. The number of carbonyl (C=O) groups is 1. The van der Waals surface area contributed by atoms with Crippen molar-refractivity contribution >= 4 is 11.6 Å². The lowest BCUT2D eigenvalue weighted by atomic mass is 9.95. The van der Waals surface area contributed by atoms with Crippen molar-refractivity contribution in [3.05, 3.63) is 0 Å². The fourth-order valence-electron chi connectivity index (χ4n) is 2.12. The number of oxime groups is 1. The van der Waals surface area contributed by atoms with Crippen LogP contribution >= 0.6 is 0 Å². The highest BCUT2D eigenvalue weighted by atomic mass is 16.4. The Labute approximate surface area is 89.9 Å². The summed E-state index contributed by atoms with van der Waals surface area (Å²) in [5, 5.41) is 12.0. The Morgan fingerprint density at radius 1 is 1.80 bits per heavy atom. The van der Waals surface area contributed by atoms with Crippen molar-refractivity contribution in [1.82, 2.24) is 4.90 Å². The summed E-state index contributed by atoms with van der Waals surface area (Å²) < 4.78 is 0. The van der Waals surface area contributed by atoms with Gasteiger partial charge < -0.3 is 10.9 Å². The molecule has 1 fully saturated rings. The standard InChI is InChI=1S/C10H19N3O2/c1-3-9(10(11)14)13-5-4-8(12-15)7(2)6-13/h7,9,15H,3-6H2,1-2H3,(H2,11,14). The van der Waals surface area contributed by atoms with Crippen LogP contribution in [0.2, 0.25) is 0 Å². The van der Waals surface area contributed by atoms with Crippen LogP contribution in [0.25, 0.3) is 0 Å². The zero-order valence-corrected chi connectivity index (χ0v) is 9.31. The quantitative estimate of drug-likeness (QED) is 0.527. The average Bonchev–Trinajstić information content (AvgIpc) is 2.18. The minimum atomic E-state index is -0.269. The summed E-state index contributed by atoms with van der Waals surface area (Å²) in [6.45, 7) is 5.43. The molecule has 1 rings (SSSR count). The second kappa shape index (κ2) is 5.11. The van der Waals surface area contributed by atoms with E-state index < -0.39 is 0 Å². The molecule has 0 aliphatic carbocycles. The molecule has 86 valence electrons. The fourth-order valence-corrected chi connectivity index (χ4v) is 2.12. The van der Waals surface area contributed by atoms with Crippen LogP contribution in [0.4, 0.5) is 0 Å². The first-order valence-electron chi connectivity index (χ1n) is 5.34. The zero-order chi connectivity index (χ0) is 11.4. The minimum absolute atomic E-state index is 0.187. The molecule has 5 heteroatoms. The van der Waals surface area contributed by atoms with Crippen LogP contribution in [0, 0.1) is 5.92 Å². The highest BCUT2D eigenvalue weighted by Gasteiger charge is 2.29. The van der Waals surface area contributed by atoms with Crippen molar-refractivity contribution < 1.29 is 10.0 Å². The summed E-state index contributed by atoms with van der Waals surface area (Å²) in [5.41, 5.74) is 6.14. The molecule has 2 atom stereocenters. The molecular weight excluding hydrogens is 194 g/mol. The summed E-state index contributed by atoms with van der Waals surface area (Å²) in [6.07, 6.45) is 1.44. The van der Waals surface area contributed by atoms with E-state index in [9.17, 15) is 4.79 Å². The maximum absolute atomic E-state index is 11.2. The molecule has 0 aromatic heterocycles. The molecule has 2 unspecified atom stereocenters. The number of rotatable bonds is 3. The van der Waals surface area contributed by atoms with Gasteiger partial charge in [0, 0.05) is 25.4 Å². The normalized spacial score (nSPS) is 27.9. The Balaban J connectivity index is 2.64. The van der Waals surface area contributed by atoms with Gasteiger partial charge in [-0.15, -0.1) is 0 Å². The summed E-state index contributed by atoms with van der Waals surface area (Å²) in [6, 6.07) is -0.187. The minimum Gasteiger partial charge on any atom is -0.411 e. The van der Waals surface area contributed by atoms with Crippen LogP contribution in [0.3, 0.4) is 0 Å². The summed E-state index contributed by atoms with van der Waals surface area (Å²) in [7, 11) is 0. The molecule has 3 N–H and O–H groups in total. The van der Waals surface area contributed by atoms with Crippen LogP contribution in [0.15, 0.2) is 5.16 Å². The fraction of sp³-hybridized carbons (Fsp3) is 0.800. The van der Waals surface area contributed by atoms with Crippen molar-refractivity contribution in [3.63, 3.8) is 0 Å². The molecule has 1 aliphatic rings. The van der Waals surface area contributed by atoms with Gasteiger partial charge in [-0.1, -0.05) is 19.0 Å². The van der Waals surface area contributed by atoms with E-state index in [1.54, 1.807) is 0 Å². The first-order chi connectivity index (χ1) is 7.10. The van der Waals surface area contributed by atoms with Gasteiger partial charge in [-0.2, -0.15) is 0 Å². The largest absolute Gasteiger partial charge is 0.411 e.